The summed E-state index contributed by atoms with van der Waals surface area (Å²) in [6.45, 7) is 3.25. The molecule has 1 aliphatic heterocycles. The van der Waals surface area contributed by atoms with Crippen molar-refractivity contribution < 1.29 is 9.53 Å². The number of ether oxygens (including phenoxy) is 1. The lowest BCUT2D eigenvalue weighted by molar-refractivity contribution is -0.159. The van der Waals surface area contributed by atoms with E-state index in [-0.39, 0.29) is 11.4 Å². The van der Waals surface area contributed by atoms with Crippen molar-refractivity contribution in [3.05, 3.63) is 12.2 Å². The summed E-state index contributed by atoms with van der Waals surface area (Å²) in [7, 11) is 0. The van der Waals surface area contributed by atoms with E-state index in [2.05, 4.69) is 17.5 Å². The Labute approximate surface area is 97.2 Å². The molecule has 0 spiro atoms. The van der Waals surface area contributed by atoms with Gasteiger partial charge in [0.1, 0.15) is 0 Å². The SMILES string of the molecule is CCOC(=O)[C@]12CC=CCN[C@@H]1CCCC2. The van der Waals surface area contributed by atoms with Crippen LogP contribution in [-0.4, -0.2) is 25.2 Å². The first-order chi connectivity index (χ1) is 7.79. The third-order valence-electron chi connectivity index (χ3n) is 3.85. The summed E-state index contributed by atoms with van der Waals surface area (Å²) in [6, 6.07) is 0.301. The monoisotopic (exact) mass is 223 g/mol. The van der Waals surface area contributed by atoms with Gasteiger partial charge in [-0.15, -0.1) is 0 Å². The van der Waals surface area contributed by atoms with Gasteiger partial charge in [-0.25, -0.2) is 0 Å². The first kappa shape index (κ1) is 11.6. The Balaban J connectivity index is 2.21. The molecule has 16 heavy (non-hydrogen) atoms. The molecule has 90 valence electrons. The van der Waals surface area contributed by atoms with E-state index >= 15 is 0 Å². The average molecular weight is 223 g/mol. The maximum Gasteiger partial charge on any atom is 0.313 e. The van der Waals surface area contributed by atoms with Gasteiger partial charge in [-0.1, -0.05) is 25.0 Å². The molecule has 0 unspecified atom stereocenters. The van der Waals surface area contributed by atoms with Crippen LogP contribution in [-0.2, 0) is 9.53 Å². The van der Waals surface area contributed by atoms with Crippen LogP contribution in [0.25, 0.3) is 0 Å². The second-order valence-corrected chi connectivity index (χ2v) is 4.76. The lowest BCUT2D eigenvalue weighted by atomic mass is 9.68. The highest BCUT2D eigenvalue weighted by atomic mass is 16.5. The smallest absolute Gasteiger partial charge is 0.313 e. The third kappa shape index (κ3) is 2.01. The van der Waals surface area contributed by atoms with Crippen LogP contribution >= 0.6 is 0 Å². The zero-order valence-electron chi connectivity index (χ0n) is 10.00. The Hall–Kier alpha value is -0.830. The van der Waals surface area contributed by atoms with Gasteiger partial charge in [0.05, 0.1) is 12.0 Å². The number of esters is 1. The zero-order valence-corrected chi connectivity index (χ0v) is 10.00. The molecule has 0 amide bonds. The second-order valence-electron chi connectivity index (χ2n) is 4.76. The molecule has 1 N–H and O–H groups in total. The van der Waals surface area contributed by atoms with E-state index in [1.54, 1.807) is 0 Å². The second kappa shape index (κ2) is 5.00. The van der Waals surface area contributed by atoms with E-state index in [1.165, 1.54) is 6.42 Å². The fourth-order valence-corrected chi connectivity index (χ4v) is 2.97. The van der Waals surface area contributed by atoms with Gasteiger partial charge in [-0.3, -0.25) is 4.79 Å². The Morgan fingerprint density at radius 2 is 2.38 bits per heavy atom. The largest absolute Gasteiger partial charge is 0.466 e. The van der Waals surface area contributed by atoms with Crippen molar-refractivity contribution in [2.24, 2.45) is 5.41 Å². The maximum absolute atomic E-state index is 12.2. The number of carbonyl (C=O) groups excluding carboxylic acids is 1. The van der Waals surface area contributed by atoms with Gasteiger partial charge in [-0.2, -0.15) is 0 Å². The molecular weight excluding hydrogens is 202 g/mol. The lowest BCUT2D eigenvalue weighted by Crippen LogP contribution is -2.51. The summed E-state index contributed by atoms with van der Waals surface area (Å²) in [5, 5.41) is 3.48. The van der Waals surface area contributed by atoms with E-state index in [9.17, 15) is 4.79 Å². The molecule has 1 aliphatic carbocycles. The Morgan fingerprint density at radius 3 is 3.19 bits per heavy atom. The molecule has 3 nitrogen and oxygen atoms in total. The predicted octanol–water partition coefficient (Wildman–Crippen LogP) is 2.03. The first-order valence-corrected chi connectivity index (χ1v) is 6.35. The number of allylic oxidation sites excluding steroid dienone is 1. The highest BCUT2D eigenvalue weighted by Gasteiger charge is 2.47. The van der Waals surface area contributed by atoms with Crippen LogP contribution in [0.1, 0.15) is 39.0 Å². The van der Waals surface area contributed by atoms with Crippen molar-refractivity contribution in [1.82, 2.24) is 5.32 Å². The number of hydrogen-bond acceptors (Lipinski definition) is 3. The summed E-state index contributed by atoms with van der Waals surface area (Å²) in [5.74, 6) is -0.00116. The van der Waals surface area contributed by atoms with Crippen LogP contribution in [0, 0.1) is 5.41 Å². The first-order valence-electron chi connectivity index (χ1n) is 6.35. The molecule has 0 radical (unpaired) electrons. The van der Waals surface area contributed by atoms with Crippen LogP contribution in [0.5, 0.6) is 0 Å². The van der Waals surface area contributed by atoms with Crippen LogP contribution in [0.4, 0.5) is 0 Å². The Morgan fingerprint density at radius 1 is 1.50 bits per heavy atom. The highest BCUT2D eigenvalue weighted by molar-refractivity contribution is 5.78. The molecule has 0 aromatic heterocycles. The minimum atomic E-state index is -0.290. The maximum atomic E-state index is 12.2. The summed E-state index contributed by atoms with van der Waals surface area (Å²) in [5.41, 5.74) is -0.290. The fraction of sp³-hybridized carbons (Fsp3) is 0.769. The summed E-state index contributed by atoms with van der Waals surface area (Å²) in [4.78, 5) is 12.2. The molecular formula is C13H21NO2. The fourth-order valence-electron chi connectivity index (χ4n) is 2.97. The Bertz CT molecular complexity index is 288. The summed E-state index contributed by atoms with van der Waals surface area (Å²) in [6.07, 6.45) is 9.52. The molecule has 1 heterocycles. The van der Waals surface area contributed by atoms with Crippen molar-refractivity contribution in [3.8, 4) is 0 Å². The molecule has 2 atom stereocenters. The quantitative estimate of drug-likeness (QED) is 0.575. The molecule has 0 aromatic rings. The van der Waals surface area contributed by atoms with Crippen molar-refractivity contribution in [3.63, 3.8) is 0 Å². The van der Waals surface area contributed by atoms with Crippen molar-refractivity contribution >= 4 is 5.97 Å². The molecule has 0 bridgehead atoms. The van der Waals surface area contributed by atoms with E-state index in [0.29, 0.717) is 12.6 Å². The van der Waals surface area contributed by atoms with E-state index in [4.69, 9.17) is 4.74 Å². The lowest BCUT2D eigenvalue weighted by Gasteiger charge is -2.41. The van der Waals surface area contributed by atoms with Crippen LogP contribution in [0.3, 0.4) is 0 Å². The van der Waals surface area contributed by atoms with Crippen molar-refractivity contribution in [2.45, 2.75) is 45.1 Å². The van der Waals surface area contributed by atoms with Gasteiger partial charge in [0.25, 0.3) is 0 Å². The van der Waals surface area contributed by atoms with E-state index in [0.717, 1.165) is 32.2 Å². The number of carbonyl (C=O) groups is 1. The van der Waals surface area contributed by atoms with Crippen LogP contribution in [0.15, 0.2) is 12.2 Å². The minimum Gasteiger partial charge on any atom is -0.466 e. The molecule has 0 saturated heterocycles. The average Bonchev–Trinajstić information content (AvgIpc) is 2.52. The predicted molar refractivity (Wildman–Crippen MR) is 63.1 cm³/mol. The molecule has 1 fully saturated rings. The van der Waals surface area contributed by atoms with Gasteiger partial charge in [0, 0.05) is 12.6 Å². The molecule has 2 rings (SSSR count). The Kier molecular flexibility index (Phi) is 3.64. The van der Waals surface area contributed by atoms with Crippen molar-refractivity contribution in [1.29, 1.82) is 0 Å². The highest BCUT2D eigenvalue weighted by Crippen LogP contribution is 2.41. The van der Waals surface area contributed by atoms with Gasteiger partial charge < -0.3 is 10.1 Å². The topological polar surface area (TPSA) is 38.3 Å². The van der Waals surface area contributed by atoms with Crippen molar-refractivity contribution in [2.75, 3.05) is 13.2 Å². The van der Waals surface area contributed by atoms with E-state index < -0.39 is 0 Å². The number of hydrogen-bond donors (Lipinski definition) is 1. The number of fused-ring (bicyclic) bond motifs is 1. The summed E-state index contributed by atoms with van der Waals surface area (Å²) < 4.78 is 5.28. The van der Waals surface area contributed by atoms with Gasteiger partial charge in [-0.05, 0) is 26.2 Å². The normalized spacial score (nSPS) is 33.9. The molecule has 1 saturated carbocycles. The molecule has 3 heteroatoms. The minimum absolute atomic E-state index is 0.00116. The zero-order chi connectivity index (χ0) is 11.4. The summed E-state index contributed by atoms with van der Waals surface area (Å²) >= 11 is 0. The third-order valence-corrected chi connectivity index (χ3v) is 3.85. The standard InChI is InChI=1S/C13H21NO2/c1-2-16-12(15)13-8-4-3-7-11(13)14-10-6-5-9-13/h5-6,11,14H,2-4,7-10H2,1H3/t11-,13-/m1/s1. The molecule has 0 aromatic carbocycles. The van der Waals surface area contributed by atoms with Gasteiger partial charge >= 0.3 is 5.97 Å². The van der Waals surface area contributed by atoms with Crippen LogP contribution in [0.2, 0.25) is 0 Å². The molecule has 2 aliphatic rings. The number of nitrogens with one attached hydrogen (secondary N) is 1. The van der Waals surface area contributed by atoms with E-state index in [1.807, 2.05) is 6.92 Å². The van der Waals surface area contributed by atoms with Gasteiger partial charge in [0.15, 0.2) is 0 Å². The number of rotatable bonds is 2. The van der Waals surface area contributed by atoms with Crippen LogP contribution < -0.4 is 5.32 Å². The van der Waals surface area contributed by atoms with Gasteiger partial charge in [0.2, 0.25) is 0 Å².